The lowest BCUT2D eigenvalue weighted by Gasteiger charge is -1.99. The average molecular weight is 243 g/mol. The fourth-order valence-corrected chi connectivity index (χ4v) is 1.81. The van der Waals surface area contributed by atoms with Gasteiger partial charge in [0.1, 0.15) is 17.4 Å². The van der Waals surface area contributed by atoms with E-state index in [1.165, 1.54) is 12.1 Å². The molecule has 4 nitrogen and oxygen atoms in total. The number of hydrogen-bond acceptors (Lipinski definition) is 3. The van der Waals surface area contributed by atoms with Crippen molar-refractivity contribution in [3.05, 3.63) is 42.2 Å². The lowest BCUT2D eigenvalue weighted by atomic mass is 10.2. The first-order valence-corrected chi connectivity index (χ1v) is 5.37. The van der Waals surface area contributed by atoms with Crippen molar-refractivity contribution in [3.63, 3.8) is 0 Å². The van der Waals surface area contributed by atoms with Crippen molar-refractivity contribution >= 4 is 16.7 Å². The number of phenolic OH excluding ortho intramolecular Hbond substituents is 1. The summed E-state index contributed by atoms with van der Waals surface area (Å²) in [5, 5.41) is 9.37. The summed E-state index contributed by atoms with van der Waals surface area (Å²) in [7, 11) is 0. The maximum Gasteiger partial charge on any atom is 0.146 e. The molecular formula is C13H10FN3O. The van der Waals surface area contributed by atoms with Crippen LogP contribution in [-0.2, 0) is 0 Å². The third kappa shape index (κ3) is 1.66. The highest BCUT2D eigenvalue weighted by Crippen LogP contribution is 2.24. The third-order valence-electron chi connectivity index (χ3n) is 2.74. The van der Waals surface area contributed by atoms with E-state index < -0.39 is 5.82 Å². The minimum Gasteiger partial charge on any atom is -0.508 e. The van der Waals surface area contributed by atoms with E-state index in [2.05, 4.69) is 9.97 Å². The fourth-order valence-electron chi connectivity index (χ4n) is 1.81. The van der Waals surface area contributed by atoms with Crippen LogP contribution in [-0.4, -0.2) is 15.1 Å². The van der Waals surface area contributed by atoms with Crippen molar-refractivity contribution in [1.82, 2.24) is 9.97 Å². The molecule has 5 heteroatoms. The molecule has 0 bridgehead atoms. The van der Waals surface area contributed by atoms with Gasteiger partial charge in [-0.25, -0.2) is 9.37 Å². The van der Waals surface area contributed by atoms with Gasteiger partial charge in [0.05, 0.1) is 16.7 Å². The number of halogens is 1. The second kappa shape index (κ2) is 3.73. The zero-order valence-electron chi connectivity index (χ0n) is 9.31. The van der Waals surface area contributed by atoms with Crippen LogP contribution in [0.3, 0.4) is 0 Å². The Hall–Kier alpha value is -2.56. The number of aromatic nitrogens is 2. The monoisotopic (exact) mass is 243 g/mol. The second-order valence-corrected chi connectivity index (χ2v) is 4.02. The Morgan fingerprint density at radius 1 is 1.17 bits per heavy atom. The number of benzene rings is 2. The van der Waals surface area contributed by atoms with Gasteiger partial charge >= 0.3 is 0 Å². The first-order valence-electron chi connectivity index (χ1n) is 5.37. The summed E-state index contributed by atoms with van der Waals surface area (Å²) >= 11 is 0. The van der Waals surface area contributed by atoms with Gasteiger partial charge in [-0.3, -0.25) is 0 Å². The summed E-state index contributed by atoms with van der Waals surface area (Å²) in [6.45, 7) is 0. The predicted molar refractivity (Wildman–Crippen MR) is 67.6 cm³/mol. The van der Waals surface area contributed by atoms with E-state index in [9.17, 15) is 9.50 Å². The molecule has 18 heavy (non-hydrogen) atoms. The van der Waals surface area contributed by atoms with Crippen LogP contribution in [0.5, 0.6) is 5.75 Å². The lowest BCUT2D eigenvalue weighted by molar-refractivity contribution is 0.476. The Morgan fingerprint density at radius 2 is 2.00 bits per heavy atom. The maximum atomic E-state index is 13.4. The molecule has 1 aromatic heterocycles. The Balaban J connectivity index is 2.16. The number of nitrogens with one attached hydrogen (secondary N) is 1. The zero-order valence-corrected chi connectivity index (χ0v) is 9.31. The molecule has 2 aromatic carbocycles. The molecule has 0 fully saturated rings. The van der Waals surface area contributed by atoms with Gasteiger partial charge in [-0.05, 0) is 30.3 Å². The van der Waals surface area contributed by atoms with Crippen molar-refractivity contribution in [2.24, 2.45) is 0 Å². The van der Waals surface area contributed by atoms with Crippen LogP contribution in [0.15, 0.2) is 36.4 Å². The van der Waals surface area contributed by atoms with E-state index in [0.717, 1.165) is 0 Å². The molecule has 0 saturated carbocycles. The lowest BCUT2D eigenvalue weighted by Crippen LogP contribution is -1.91. The van der Waals surface area contributed by atoms with E-state index in [4.69, 9.17) is 5.73 Å². The van der Waals surface area contributed by atoms with Gasteiger partial charge in [0, 0.05) is 11.6 Å². The topological polar surface area (TPSA) is 74.9 Å². The first kappa shape index (κ1) is 10.6. The molecule has 1 heterocycles. The molecule has 0 saturated heterocycles. The highest BCUT2D eigenvalue weighted by molar-refractivity contribution is 5.80. The number of fused-ring (bicyclic) bond motifs is 1. The normalized spacial score (nSPS) is 10.9. The molecular weight excluding hydrogens is 233 g/mol. The number of aromatic hydroxyl groups is 1. The van der Waals surface area contributed by atoms with Gasteiger partial charge in [-0.15, -0.1) is 0 Å². The predicted octanol–water partition coefficient (Wildman–Crippen LogP) is 2.66. The number of nitrogens with zero attached hydrogens (tertiary/aromatic N) is 1. The molecule has 0 aliphatic carbocycles. The van der Waals surface area contributed by atoms with E-state index in [1.807, 2.05) is 0 Å². The quantitative estimate of drug-likeness (QED) is 0.575. The van der Waals surface area contributed by atoms with Gasteiger partial charge in [0.15, 0.2) is 0 Å². The Morgan fingerprint density at radius 3 is 2.78 bits per heavy atom. The van der Waals surface area contributed by atoms with Crippen LogP contribution in [0.2, 0.25) is 0 Å². The van der Waals surface area contributed by atoms with E-state index in [1.54, 1.807) is 24.3 Å². The van der Waals surface area contributed by atoms with Crippen molar-refractivity contribution in [2.75, 3.05) is 5.73 Å². The summed E-state index contributed by atoms with van der Waals surface area (Å²) < 4.78 is 13.4. The number of nitrogens with two attached hydrogens (primary N) is 1. The summed E-state index contributed by atoms with van der Waals surface area (Å²) in [6, 6.07) is 9.33. The maximum absolute atomic E-state index is 13.4. The number of nitrogen functional groups attached to an aromatic ring is 1. The van der Waals surface area contributed by atoms with Gasteiger partial charge in [0.25, 0.3) is 0 Å². The number of imidazole rings is 1. The zero-order chi connectivity index (χ0) is 12.7. The van der Waals surface area contributed by atoms with Crippen LogP contribution in [0.4, 0.5) is 10.1 Å². The number of H-pyrrole nitrogens is 1. The third-order valence-corrected chi connectivity index (χ3v) is 2.74. The van der Waals surface area contributed by atoms with Crippen molar-refractivity contribution in [2.45, 2.75) is 0 Å². The molecule has 0 aliphatic heterocycles. The number of hydrogen-bond donors (Lipinski definition) is 3. The Kier molecular flexibility index (Phi) is 2.19. The van der Waals surface area contributed by atoms with Gasteiger partial charge in [-0.1, -0.05) is 0 Å². The van der Waals surface area contributed by atoms with Crippen molar-refractivity contribution in [1.29, 1.82) is 0 Å². The minimum absolute atomic E-state index is 0.104. The molecule has 90 valence electrons. The van der Waals surface area contributed by atoms with Gasteiger partial charge in [0.2, 0.25) is 0 Å². The molecule has 3 aromatic rings. The molecule has 0 radical (unpaired) electrons. The number of anilines is 1. The number of phenols is 1. The molecule has 4 N–H and O–H groups in total. The largest absolute Gasteiger partial charge is 0.508 e. The van der Waals surface area contributed by atoms with Crippen molar-refractivity contribution in [3.8, 4) is 17.1 Å². The molecule has 0 unspecified atom stereocenters. The second-order valence-electron chi connectivity index (χ2n) is 4.02. The van der Waals surface area contributed by atoms with Crippen molar-refractivity contribution < 1.29 is 9.50 Å². The standard InChI is InChI=1S/C13H10FN3O/c14-9-5-7(1-3-10(9)15)13-16-11-4-2-8(18)6-12(11)17-13/h1-6,18H,15H2,(H,16,17). The average Bonchev–Trinajstić information content (AvgIpc) is 2.75. The summed E-state index contributed by atoms with van der Waals surface area (Å²) in [5.41, 5.74) is 7.54. The summed E-state index contributed by atoms with van der Waals surface area (Å²) in [5.74, 6) is 0.214. The summed E-state index contributed by atoms with van der Waals surface area (Å²) in [4.78, 5) is 7.34. The minimum atomic E-state index is -0.476. The van der Waals surface area contributed by atoms with E-state index >= 15 is 0 Å². The molecule has 0 spiro atoms. The number of aromatic amines is 1. The van der Waals surface area contributed by atoms with Gasteiger partial charge in [-0.2, -0.15) is 0 Å². The van der Waals surface area contributed by atoms with Crippen LogP contribution in [0, 0.1) is 5.82 Å². The molecule has 3 rings (SSSR count). The van der Waals surface area contributed by atoms with E-state index in [0.29, 0.717) is 22.4 Å². The number of rotatable bonds is 1. The molecule has 0 amide bonds. The molecule has 0 aliphatic rings. The fraction of sp³-hybridized carbons (Fsp3) is 0. The van der Waals surface area contributed by atoms with E-state index in [-0.39, 0.29) is 11.4 Å². The molecule has 0 atom stereocenters. The van der Waals surface area contributed by atoms with Gasteiger partial charge < -0.3 is 15.8 Å². The Bertz CT molecular complexity index is 736. The summed E-state index contributed by atoms with van der Waals surface area (Å²) in [6.07, 6.45) is 0. The highest BCUT2D eigenvalue weighted by atomic mass is 19.1. The first-order chi connectivity index (χ1) is 8.63. The highest BCUT2D eigenvalue weighted by Gasteiger charge is 2.08. The smallest absolute Gasteiger partial charge is 0.146 e. The SMILES string of the molecule is Nc1ccc(-c2nc3ccc(O)cc3[nH]2)cc1F. The van der Waals surface area contributed by atoms with Crippen LogP contribution in [0.1, 0.15) is 0 Å². The van der Waals surface area contributed by atoms with Crippen LogP contribution < -0.4 is 5.73 Å². The van der Waals surface area contributed by atoms with Crippen LogP contribution in [0.25, 0.3) is 22.4 Å². The van der Waals surface area contributed by atoms with Crippen LogP contribution >= 0.6 is 0 Å². The Labute approximate surface area is 102 Å².